The van der Waals surface area contributed by atoms with Gasteiger partial charge < -0.3 is 9.84 Å². The fraction of sp³-hybridized carbons (Fsp3) is 0.375. The molecule has 31 heavy (non-hydrogen) atoms. The van der Waals surface area contributed by atoms with Crippen LogP contribution in [0.2, 0.25) is 0 Å². The highest BCUT2D eigenvalue weighted by molar-refractivity contribution is 5.79. The van der Waals surface area contributed by atoms with E-state index in [9.17, 15) is 9.18 Å². The number of nitrogens with one attached hydrogen (secondary N) is 1. The van der Waals surface area contributed by atoms with E-state index in [4.69, 9.17) is 4.52 Å². The molecule has 6 nitrogen and oxygen atoms in total. The monoisotopic (exact) mass is 422 g/mol. The Labute approximate surface area is 181 Å². The minimum atomic E-state index is -0.276. The van der Waals surface area contributed by atoms with Crippen LogP contribution in [0.3, 0.4) is 0 Å². The van der Waals surface area contributed by atoms with Crippen molar-refractivity contribution in [3.63, 3.8) is 0 Å². The van der Waals surface area contributed by atoms with Crippen LogP contribution in [0.5, 0.6) is 0 Å². The molecule has 2 aromatic carbocycles. The molecule has 1 saturated heterocycles. The van der Waals surface area contributed by atoms with Crippen LogP contribution in [0, 0.1) is 18.7 Å². The molecule has 2 heterocycles. The van der Waals surface area contributed by atoms with Gasteiger partial charge in [0.2, 0.25) is 17.6 Å². The van der Waals surface area contributed by atoms with Crippen LogP contribution in [-0.4, -0.2) is 34.0 Å². The van der Waals surface area contributed by atoms with E-state index < -0.39 is 0 Å². The molecule has 1 fully saturated rings. The topological polar surface area (TPSA) is 71.3 Å². The molecule has 0 radical (unpaired) electrons. The molecular formula is C24H27FN4O2. The highest BCUT2D eigenvalue weighted by Gasteiger charge is 2.27. The molecule has 0 bridgehead atoms. The number of piperidine rings is 1. The van der Waals surface area contributed by atoms with Gasteiger partial charge in [0.05, 0.1) is 12.6 Å². The Hall–Kier alpha value is -3.06. The van der Waals surface area contributed by atoms with E-state index in [1.807, 2.05) is 38.1 Å². The Morgan fingerprint density at radius 2 is 1.90 bits per heavy atom. The van der Waals surface area contributed by atoms with Crippen LogP contribution in [-0.2, 0) is 11.3 Å². The summed E-state index contributed by atoms with van der Waals surface area (Å²) < 4.78 is 18.5. The summed E-state index contributed by atoms with van der Waals surface area (Å²) in [4.78, 5) is 19.4. The van der Waals surface area contributed by atoms with E-state index in [1.165, 1.54) is 12.1 Å². The fourth-order valence-electron chi connectivity index (χ4n) is 3.96. The lowest BCUT2D eigenvalue weighted by Crippen LogP contribution is -2.40. The highest BCUT2D eigenvalue weighted by atomic mass is 19.1. The van der Waals surface area contributed by atoms with E-state index in [2.05, 4.69) is 20.4 Å². The van der Waals surface area contributed by atoms with Crippen LogP contribution in [0.25, 0.3) is 11.4 Å². The Bertz CT molecular complexity index is 1030. The van der Waals surface area contributed by atoms with Gasteiger partial charge in [0.25, 0.3) is 0 Å². The summed E-state index contributed by atoms with van der Waals surface area (Å²) in [5.74, 6) is 0.950. The van der Waals surface area contributed by atoms with Crippen molar-refractivity contribution in [2.75, 3.05) is 13.1 Å². The van der Waals surface area contributed by atoms with Crippen molar-refractivity contribution in [3.8, 4) is 11.4 Å². The minimum Gasteiger partial charge on any atom is -0.349 e. The maximum absolute atomic E-state index is 13.1. The molecule has 1 atom stereocenters. The third-order valence-electron chi connectivity index (χ3n) is 5.90. The number of hydrogen-bond donors (Lipinski definition) is 1. The number of aromatic nitrogens is 2. The second-order valence-corrected chi connectivity index (χ2v) is 8.16. The fourth-order valence-corrected chi connectivity index (χ4v) is 3.96. The van der Waals surface area contributed by atoms with E-state index in [0.29, 0.717) is 18.3 Å². The number of amides is 1. The van der Waals surface area contributed by atoms with Crippen molar-refractivity contribution < 1.29 is 13.7 Å². The molecule has 1 N–H and O–H groups in total. The molecular weight excluding hydrogens is 395 g/mol. The zero-order chi connectivity index (χ0) is 21.8. The Morgan fingerprint density at radius 1 is 1.19 bits per heavy atom. The third kappa shape index (κ3) is 5.17. The molecule has 1 amide bonds. The van der Waals surface area contributed by atoms with Crippen molar-refractivity contribution in [1.29, 1.82) is 0 Å². The number of hydrogen-bond acceptors (Lipinski definition) is 5. The Morgan fingerprint density at radius 3 is 2.61 bits per heavy atom. The van der Waals surface area contributed by atoms with Crippen molar-refractivity contribution in [2.45, 2.75) is 39.3 Å². The van der Waals surface area contributed by atoms with E-state index in [1.54, 1.807) is 12.1 Å². The van der Waals surface area contributed by atoms with Gasteiger partial charge >= 0.3 is 0 Å². The molecule has 0 spiro atoms. The number of halogens is 1. The number of rotatable bonds is 6. The SMILES string of the molecule is Cc1ccccc1-c1noc(CN2CCC(C(=O)NC(C)c3ccc(F)cc3)CC2)n1. The molecule has 162 valence electrons. The molecule has 1 aliphatic heterocycles. The molecule has 1 aromatic heterocycles. The van der Waals surface area contributed by atoms with Gasteiger partial charge in [-0.1, -0.05) is 41.6 Å². The van der Waals surface area contributed by atoms with Crippen molar-refractivity contribution in [3.05, 3.63) is 71.4 Å². The number of carbonyl (C=O) groups excluding carboxylic acids is 1. The van der Waals surface area contributed by atoms with Gasteiger partial charge in [-0.15, -0.1) is 0 Å². The second-order valence-electron chi connectivity index (χ2n) is 8.16. The van der Waals surface area contributed by atoms with Crippen LogP contribution >= 0.6 is 0 Å². The first kappa shape index (κ1) is 21.2. The minimum absolute atomic E-state index is 0.0237. The van der Waals surface area contributed by atoms with Gasteiger partial charge in [-0.25, -0.2) is 4.39 Å². The largest absolute Gasteiger partial charge is 0.349 e. The number of carbonyl (C=O) groups is 1. The number of benzene rings is 2. The number of aryl methyl sites for hydroxylation is 1. The first-order valence-electron chi connectivity index (χ1n) is 10.7. The summed E-state index contributed by atoms with van der Waals surface area (Å²) in [6.07, 6.45) is 1.56. The van der Waals surface area contributed by atoms with Crippen molar-refractivity contribution in [2.24, 2.45) is 5.92 Å². The van der Waals surface area contributed by atoms with Gasteiger partial charge in [0, 0.05) is 11.5 Å². The molecule has 7 heteroatoms. The first-order valence-corrected chi connectivity index (χ1v) is 10.7. The standard InChI is InChI=1S/C24H27FN4O2/c1-16-5-3-4-6-21(16)23-27-22(31-28-23)15-29-13-11-19(12-14-29)24(30)26-17(2)18-7-9-20(25)10-8-18/h3-10,17,19H,11-15H2,1-2H3,(H,26,30). The van der Waals surface area contributed by atoms with Crippen LogP contribution in [0.1, 0.15) is 42.8 Å². The lowest BCUT2D eigenvalue weighted by atomic mass is 9.95. The van der Waals surface area contributed by atoms with Gasteiger partial charge in [-0.3, -0.25) is 9.69 Å². The van der Waals surface area contributed by atoms with Gasteiger partial charge in [-0.05, 0) is 63.0 Å². The highest BCUT2D eigenvalue weighted by Crippen LogP contribution is 2.23. The molecule has 0 saturated carbocycles. The van der Waals surface area contributed by atoms with Crippen LogP contribution in [0.15, 0.2) is 53.1 Å². The zero-order valence-electron chi connectivity index (χ0n) is 17.8. The molecule has 4 rings (SSSR count). The molecule has 1 unspecified atom stereocenters. The summed E-state index contributed by atoms with van der Waals surface area (Å²) in [6.45, 7) is 6.12. The molecule has 1 aliphatic rings. The van der Waals surface area contributed by atoms with Crippen molar-refractivity contribution in [1.82, 2.24) is 20.4 Å². The van der Waals surface area contributed by atoms with Gasteiger partial charge in [0.15, 0.2) is 0 Å². The second kappa shape index (κ2) is 9.39. The summed E-state index contributed by atoms with van der Waals surface area (Å²) in [5.41, 5.74) is 2.98. The van der Waals surface area contributed by atoms with Crippen LogP contribution in [0.4, 0.5) is 4.39 Å². The van der Waals surface area contributed by atoms with Crippen LogP contribution < -0.4 is 5.32 Å². The van der Waals surface area contributed by atoms with Crippen molar-refractivity contribution >= 4 is 5.91 Å². The maximum atomic E-state index is 13.1. The summed E-state index contributed by atoms with van der Waals surface area (Å²) in [7, 11) is 0. The Balaban J connectivity index is 1.27. The lowest BCUT2D eigenvalue weighted by Gasteiger charge is -2.30. The molecule has 0 aliphatic carbocycles. The predicted octanol–water partition coefficient (Wildman–Crippen LogP) is 4.27. The smallest absolute Gasteiger partial charge is 0.241 e. The summed E-state index contributed by atoms with van der Waals surface area (Å²) in [6, 6.07) is 14.1. The van der Waals surface area contributed by atoms with E-state index in [-0.39, 0.29) is 23.7 Å². The van der Waals surface area contributed by atoms with Gasteiger partial charge in [0.1, 0.15) is 5.82 Å². The lowest BCUT2D eigenvalue weighted by molar-refractivity contribution is -0.127. The molecule has 3 aromatic rings. The first-order chi connectivity index (χ1) is 15.0. The summed E-state index contributed by atoms with van der Waals surface area (Å²) in [5, 5.41) is 7.18. The average molecular weight is 423 g/mol. The third-order valence-corrected chi connectivity index (χ3v) is 5.90. The number of nitrogens with zero attached hydrogens (tertiary/aromatic N) is 3. The predicted molar refractivity (Wildman–Crippen MR) is 115 cm³/mol. The normalized spacial score (nSPS) is 16.2. The number of likely N-dealkylation sites (tertiary alicyclic amines) is 1. The maximum Gasteiger partial charge on any atom is 0.241 e. The van der Waals surface area contributed by atoms with E-state index in [0.717, 1.165) is 42.6 Å². The summed E-state index contributed by atoms with van der Waals surface area (Å²) >= 11 is 0. The van der Waals surface area contributed by atoms with E-state index >= 15 is 0 Å². The average Bonchev–Trinajstić information content (AvgIpc) is 3.23. The quantitative estimate of drug-likeness (QED) is 0.642. The van der Waals surface area contributed by atoms with Gasteiger partial charge in [-0.2, -0.15) is 4.98 Å². The Kier molecular flexibility index (Phi) is 6.42. The zero-order valence-corrected chi connectivity index (χ0v) is 17.8.